The minimum atomic E-state index is -0.709. The van der Waals surface area contributed by atoms with Crippen molar-refractivity contribution in [2.75, 3.05) is 5.88 Å². The van der Waals surface area contributed by atoms with Gasteiger partial charge < -0.3 is 0 Å². The second kappa shape index (κ2) is 7.41. The largest absolute Gasteiger partial charge is 0.300 e. The summed E-state index contributed by atoms with van der Waals surface area (Å²) in [5.41, 5.74) is 3.61. The van der Waals surface area contributed by atoms with Crippen LogP contribution in [0.25, 0.3) is 0 Å². The molecule has 1 aromatic carbocycles. The Morgan fingerprint density at radius 3 is 2.24 bits per heavy atom. The molecule has 25 heavy (non-hydrogen) atoms. The Bertz CT molecular complexity index is 695. The molecular weight excluding hydrogens is 336 g/mol. The fraction of sp³-hybridized carbons (Fsp3) is 0.571. The van der Waals surface area contributed by atoms with E-state index in [-0.39, 0.29) is 35.6 Å². The van der Waals surface area contributed by atoms with Crippen LogP contribution in [0, 0.1) is 32.1 Å². The van der Waals surface area contributed by atoms with Crippen LogP contribution in [0.3, 0.4) is 0 Å². The molecule has 2 rings (SSSR count). The standard InChI is InChI=1S/C21H27ClO3/c1-12-6-13(2)18(14(3)7-12)19-17(24)9-15(20(19)25)8-16(23)10-21(4,5)11-22/h6-7,15,19H,8-11H2,1-5H3. The summed E-state index contributed by atoms with van der Waals surface area (Å²) >= 11 is 5.88. The van der Waals surface area contributed by atoms with Gasteiger partial charge in [-0.1, -0.05) is 31.5 Å². The molecule has 2 atom stereocenters. The first kappa shape index (κ1) is 19.8. The molecule has 4 heteroatoms. The van der Waals surface area contributed by atoms with E-state index in [4.69, 9.17) is 11.6 Å². The van der Waals surface area contributed by atoms with E-state index in [2.05, 4.69) is 0 Å². The number of halogens is 1. The number of rotatable bonds is 6. The molecular formula is C21H27ClO3. The zero-order chi connectivity index (χ0) is 18.9. The molecule has 2 unspecified atom stereocenters. The molecule has 0 heterocycles. The second-order valence-electron chi connectivity index (χ2n) is 8.23. The summed E-state index contributed by atoms with van der Waals surface area (Å²) in [5.74, 6) is -0.960. The maximum atomic E-state index is 12.9. The number of alkyl halides is 1. The van der Waals surface area contributed by atoms with Gasteiger partial charge in [0.2, 0.25) is 0 Å². The second-order valence-corrected chi connectivity index (χ2v) is 8.50. The predicted octanol–water partition coefficient (Wildman–Crippen LogP) is 4.47. The topological polar surface area (TPSA) is 51.2 Å². The van der Waals surface area contributed by atoms with Crippen molar-refractivity contribution < 1.29 is 14.4 Å². The van der Waals surface area contributed by atoms with Gasteiger partial charge in [0.25, 0.3) is 0 Å². The monoisotopic (exact) mass is 362 g/mol. The summed E-state index contributed by atoms with van der Waals surface area (Å²) in [6.07, 6.45) is 0.649. The van der Waals surface area contributed by atoms with E-state index in [1.807, 2.05) is 46.8 Å². The Morgan fingerprint density at radius 1 is 1.16 bits per heavy atom. The van der Waals surface area contributed by atoms with Crippen molar-refractivity contribution in [2.24, 2.45) is 11.3 Å². The van der Waals surface area contributed by atoms with E-state index in [0.717, 1.165) is 22.3 Å². The van der Waals surface area contributed by atoms with Gasteiger partial charge in [0.05, 0.1) is 0 Å². The minimum absolute atomic E-state index is 0.00907. The normalized spacial score (nSPS) is 21.0. The van der Waals surface area contributed by atoms with Crippen LogP contribution in [-0.2, 0) is 14.4 Å². The highest BCUT2D eigenvalue weighted by molar-refractivity contribution is 6.18. The first-order valence-electron chi connectivity index (χ1n) is 8.77. The average Bonchev–Trinajstić information content (AvgIpc) is 2.73. The van der Waals surface area contributed by atoms with E-state index in [1.165, 1.54) is 0 Å². The fourth-order valence-electron chi connectivity index (χ4n) is 3.91. The molecule has 0 bridgehead atoms. The quantitative estimate of drug-likeness (QED) is 0.554. The van der Waals surface area contributed by atoms with Crippen LogP contribution in [0.4, 0.5) is 0 Å². The molecule has 0 aromatic heterocycles. The Hall–Kier alpha value is -1.48. The summed E-state index contributed by atoms with van der Waals surface area (Å²) in [4.78, 5) is 37.8. The third-order valence-electron chi connectivity index (χ3n) is 4.99. The van der Waals surface area contributed by atoms with Gasteiger partial charge >= 0.3 is 0 Å². The number of benzene rings is 1. The highest BCUT2D eigenvalue weighted by Gasteiger charge is 2.44. The lowest BCUT2D eigenvalue weighted by molar-refractivity contribution is -0.128. The Kier molecular flexibility index (Phi) is 5.88. The number of ketones is 3. The summed E-state index contributed by atoms with van der Waals surface area (Å²) in [5, 5.41) is 0. The van der Waals surface area contributed by atoms with Crippen molar-refractivity contribution in [1.82, 2.24) is 0 Å². The maximum Gasteiger partial charge on any atom is 0.151 e. The van der Waals surface area contributed by atoms with E-state index >= 15 is 0 Å². The molecule has 1 aliphatic carbocycles. The molecule has 1 aromatic rings. The molecule has 1 aliphatic rings. The molecule has 0 amide bonds. The lowest BCUT2D eigenvalue weighted by atomic mass is 9.84. The molecule has 0 spiro atoms. The zero-order valence-corrected chi connectivity index (χ0v) is 16.5. The predicted molar refractivity (Wildman–Crippen MR) is 100 cm³/mol. The zero-order valence-electron chi connectivity index (χ0n) is 15.7. The highest BCUT2D eigenvalue weighted by Crippen LogP contribution is 2.38. The van der Waals surface area contributed by atoms with Crippen molar-refractivity contribution in [1.29, 1.82) is 0 Å². The van der Waals surface area contributed by atoms with Gasteiger partial charge in [-0.3, -0.25) is 14.4 Å². The van der Waals surface area contributed by atoms with Crippen LogP contribution in [-0.4, -0.2) is 23.2 Å². The number of aryl methyl sites for hydroxylation is 3. The van der Waals surface area contributed by atoms with Crippen molar-refractivity contribution in [2.45, 2.75) is 59.8 Å². The van der Waals surface area contributed by atoms with Gasteiger partial charge in [-0.15, -0.1) is 11.6 Å². The average molecular weight is 363 g/mol. The van der Waals surface area contributed by atoms with Crippen molar-refractivity contribution in [3.05, 3.63) is 34.4 Å². The number of Topliss-reactive ketones (excluding diaryl/α,β-unsaturated/α-hetero) is 3. The van der Waals surface area contributed by atoms with Gasteiger partial charge in [-0.2, -0.15) is 0 Å². The summed E-state index contributed by atoms with van der Waals surface area (Å²) in [6, 6.07) is 4.01. The van der Waals surface area contributed by atoms with E-state index in [1.54, 1.807) is 0 Å². The molecule has 1 saturated carbocycles. The lowest BCUT2D eigenvalue weighted by Crippen LogP contribution is -2.23. The van der Waals surface area contributed by atoms with Gasteiger partial charge in [0.15, 0.2) is 5.78 Å². The van der Waals surface area contributed by atoms with Crippen LogP contribution >= 0.6 is 11.6 Å². The number of hydrogen-bond donors (Lipinski definition) is 0. The lowest BCUT2D eigenvalue weighted by Gasteiger charge is -2.21. The van der Waals surface area contributed by atoms with Crippen LogP contribution in [0.5, 0.6) is 0 Å². The summed E-state index contributed by atoms with van der Waals surface area (Å²) in [7, 11) is 0. The Balaban J connectivity index is 2.20. The fourth-order valence-corrected chi connectivity index (χ4v) is 4.00. The van der Waals surface area contributed by atoms with Gasteiger partial charge in [-0.25, -0.2) is 0 Å². The molecule has 136 valence electrons. The van der Waals surface area contributed by atoms with Crippen LogP contribution in [0.15, 0.2) is 12.1 Å². The maximum absolute atomic E-state index is 12.9. The third kappa shape index (κ3) is 4.38. The number of carbonyl (C=O) groups excluding carboxylic acids is 3. The van der Waals surface area contributed by atoms with Crippen molar-refractivity contribution in [3.63, 3.8) is 0 Å². The van der Waals surface area contributed by atoms with Gasteiger partial charge in [0.1, 0.15) is 17.5 Å². The van der Waals surface area contributed by atoms with E-state index in [0.29, 0.717) is 12.3 Å². The first-order valence-corrected chi connectivity index (χ1v) is 9.31. The van der Waals surface area contributed by atoms with Crippen molar-refractivity contribution in [3.8, 4) is 0 Å². The Morgan fingerprint density at radius 2 is 1.72 bits per heavy atom. The molecule has 3 nitrogen and oxygen atoms in total. The van der Waals surface area contributed by atoms with E-state index in [9.17, 15) is 14.4 Å². The molecule has 0 radical (unpaired) electrons. The molecule has 0 aliphatic heterocycles. The van der Waals surface area contributed by atoms with Gasteiger partial charge in [0, 0.05) is 31.1 Å². The first-order chi connectivity index (χ1) is 11.6. The Labute approximate surface area is 155 Å². The van der Waals surface area contributed by atoms with Gasteiger partial charge in [-0.05, 0) is 42.9 Å². The van der Waals surface area contributed by atoms with Crippen LogP contribution < -0.4 is 0 Å². The number of carbonyl (C=O) groups is 3. The highest BCUT2D eigenvalue weighted by atomic mass is 35.5. The third-order valence-corrected chi connectivity index (χ3v) is 5.72. The van der Waals surface area contributed by atoms with E-state index < -0.39 is 11.8 Å². The summed E-state index contributed by atoms with van der Waals surface area (Å²) in [6.45, 7) is 9.75. The SMILES string of the molecule is Cc1cc(C)c(C2C(=O)CC(CC(=O)CC(C)(C)CCl)C2=O)c(C)c1. The smallest absolute Gasteiger partial charge is 0.151 e. The van der Waals surface area contributed by atoms with Crippen LogP contribution in [0.1, 0.15) is 61.3 Å². The number of hydrogen-bond acceptors (Lipinski definition) is 3. The molecule has 0 N–H and O–H groups in total. The summed E-state index contributed by atoms with van der Waals surface area (Å²) < 4.78 is 0. The van der Waals surface area contributed by atoms with Crippen molar-refractivity contribution >= 4 is 29.0 Å². The minimum Gasteiger partial charge on any atom is -0.300 e. The molecule has 0 saturated heterocycles. The van der Waals surface area contributed by atoms with Crippen LogP contribution in [0.2, 0.25) is 0 Å². The molecule has 1 fully saturated rings.